The van der Waals surface area contributed by atoms with Crippen LogP contribution in [0.3, 0.4) is 0 Å². The van der Waals surface area contributed by atoms with Crippen LogP contribution in [0, 0.1) is 0 Å². The fourth-order valence-corrected chi connectivity index (χ4v) is 4.01. The van der Waals surface area contributed by atoms with Crippen molar-refractivity contribution in [2.45, 2.75) is 51.0 Å². The average molecular weight is 360 g/mol. The molecule has 0 radical (unpaired) electrons. The zero-order valence-corrected chi connectivity index (χ0v) is 16.1. The highest BCUT2D eigenvalue weighted by atomic mass is 16.5. The molecule has 5 nitrogen and oxygen atoms in total. The smallest absolute Gasteiger partial charge is 0.238 e. The molecule has 1 aromatic rings. The number of amides is 1. The quantitative estimate of drug-likeness (QED) is 0.874. The van der Waals surface area contributed by atoms with E-state index in [0.29, 0.717) is 12.6 Å². The largest absolute Gasteiger partial charge is 0.378 e. The number of hydrogen-bond donors (Lipinski definition) is 1. The highest BCUT2D eigenvalue weighted by Crippen LogP contribution is 2.21. The lowest BCUT2D eigenvalue weighted by atomic mass is 9.96. The second kappa shape index (κ2) is 9.93. The van der Waals surface area contributed by atoms with Crippen LogP contribution >= 0.6 is 0 Å². The van der Waals surface area contributed by atoms with Crippen molar-refractivity contribution >= 4 is 17.3 Å². The van der Waals surface area contributed by atoms with Crippen LogP contribution in [-0.2, 0) is 9.53 Å². The number of anilines is 2. The fraction of sp³-hybridized carbons (Fsp3) is 0.667. The molecular formula is C21H33N3O2. The molecule has 5 heteroatoms. The molecule has 1 saturated carbocycles. The van der Waals surface area contributed by atoms with E-state index in [1.54, 1.807) is 0 Å². The van der Waals surface area contributed by atoms with Crippen molar-refractivity contribution in [2.75, 3.05) is 50.1 Å². The minimum Gasteiger partial charge on any atom is -0.378 e. The zero-order valence-electron chi connectivity index (χ0n) is 16.1. The Morgan fingerprint density at radius 2 is 1.69 bits per heavy atom. The van der Waals surface area contributed by atoms with Crippen LogP contribution in [0.5, 0.6) is 0 Å². The second-order valence-corrected chi connectivity index (χ2v) is 7.61. The van der Waals surface area contributed by atoms with Gasteiger partial charge in [0.15, 0.2) is 0 Å². The molecule has 0 unspecified atom stereocenters. The summed E-state index contributed by atoms with van der Waals surface area (Å²) in [6.45, 7) is 3.89. The van der Waals surface area contributed by atoms with Crippen LogP contribution in [0.4, 0.5) is 11.4 Å². The number of nitrogens with one attached hydrogen (secondary N) is 1. The molecule has 1 heterocycles. The van der Waals surface area contributed by atoms with Crippen LogP contribution in [0.25, 0.3) is 0 Å². The molecule has 0 aromatic heterocycles. The molecule has 0 bridgehead atoms. The highest BCUT2D eigenvalue weighted by Gasteiger charge is 2.18. The molecule has 1 aliphatic heterocycles. The third-order valence-corrected chi connectivity index (χ3v) is 5.62. The van der Waals surface area contributed by atoms with Gasteiger partial charge in [-0.2, -0.15) is 0 Å². The third kappa shape index (κ3) is 5.71. The molecule has 1 aromatic carbocycles. The molecule has 1 aliphatic carbocycles. The molecule has 0 atom stereocenters. The summed E-state index contributed by atoms with van der Waals surface area (Å²) in [7, 11) is 2.09. The summed E-state index contributed by atoms with van der Waals surface area (Å²) in [5.74, 6) is 0.0775. The first kappa shape index (κ1) is 19.2. The number of likely N-dealkylation sites (N-methyl/N-ethyl adjacent to an activating group) is 1. The Morgan fingerprint density at radius 3 is 2.35 bits per heavy atom. The molecule has 144 valence electrons. The van der Waals surface area contributed by atoms with Gasteiger partial charge in [-0.25, -0.2) is 0 Å². The monoisotopic (exact) mass is 359 g/mol. The third-order valence-electron chi connectivity index (χ3n) is 5.62. The molecule has 3 rings (SSSR count). The van der Waals surface area contributed by atoms with Crippen molar-refractivity contribution in [3.8, 4) is 0 Å². The first-order valence-corrected chi connectivity index (χ1v) is 10.2. The predicted octanol–water partition coefficient (Wildman–Crippen LogP) is 3.51. The number of ether oxygens (including phenoxy) is 1. The summed E-state index contributed by atoms with van der Waals surface area (Å²) in [6, 6.07) is 8.71. The Bertz CT molecular complexity index is 547. The Kier molecular flexibility index (Phi) is 7.32. The number of benzene rings is 1. The number of rotatable bonds is 5. The van der Waals surface area contributed by atoms with Gasteiger partial charge in [-0.15, -0.1) is 0 Å². The summed E-state index contributed by atoms with van der Waals surface area (Å²) in [5, 5.41) is 3.05. The van der Waals surface area contributed by atoms with Gasteiger partial charge in [-0.05, 0) is 44.2 Å². The van der Waals surface area contributed by atoms with Crippen molar-refractivity contribution in [2.24, 2.45) is 0 Å². The molecule has 2 aliphatic rings. The van der Waals surface area contributed by atoms with Gasteiger partial charge in [-0.1, -0.05) is 32.1 Å². The Balaban J connectivity index is 1.47. The first-order valence-electron chi connectivity index (χ1n) is 10.2. The lowest BCUT2D eigenvalue weighted by Crippen LogP contribution is -2.38. The summed E-state index contributed by atoms with van der Waals surface area (Å²) < 4.78 is 5.40. The Labute approximate surface area is 157 Å². The van der Waals surface area contributed by atoms with Gasteiger partial charge in [0.05, 0.1) is 19.8 Å². The van der Waals surface area contributed by atoms with Gasteiger partial charge >= 0.3 is 0 Å². The number of hydrogen-bond acceptors (Lipinski definition) is 4. The van der Waals surface area contributed by atoms with E-state index in [4.69, 9.17) is 4.74 Å². The van der Waals surface area contributed by atoms with E-state index in [-0.39, 0.29) is 5.91 Å². The van der Waals surface area contributed by atoms with Crippen LogP contribution < -0.4 is 10.2 Å². The second-order valence-electron chi connectivity index (χ2n) is 7.61. The first-order chi connectivity index (χ1) is 12.7. The number of carbonyl (C=O) groups excluding carboxylic acids is 1. The summed E-state index contributed by atoms with van der Waals surface area (Å²) in [4.78, 5) is 17.0. The van der Waals surface area contributed by atoms with E-state index >= 15 is 0 Å². The van der Waals surface area contributed by atoms with E-state index in [1.807, 2.05) is 12.1 Å². The van der Waals surface area contributed by atoms with Gasteiger partial charge in [0.2, 0.25) is 5.91 Å². The average Bonchev–Trinajstić information content (AvgIpc) is 2.62. The normalized spacial score (nSPS) is 19.8. The van der Waals surface area contributed by atoms with Crippen molar-refractivity contribution in [1.82, 2.24) is 4.90 Å². The Morgan fingerprint density at radius 1 is 1.08 bits per heavy atom. The molecular weight excluding hydrogens is 326 g/mol. The fourth-order valence-electron chi connectivity index (χ4n) is 4.01. The molecule has 1 saturated heterocycles. The number of morpholine rings is 1. The van der Waals surface area contributed by atoms with Crippen LogP contribution in [0.1, 0.15) is 44.9 Å². The molecule has 26 heavy (non-hydrogen) atoms. The minimum atomic E-state index is 0.0775. The van der Waals surface area contributed by atoms with Gasteiger partial charge in [-0.3, -0.25) is 9.69 Å². The maximum atomic E-state index is 12.4. The van der Waals surface area contributed by atoms with Crippen molar-refractivity contribution in [1.29, 1.82) is 0 Å². The number of nitrogens with zero attached hydrogens (tertiary/aromatic N) is 2. The molecule has 1 N–H and O–H groups in total. The van der Waals surface area contributed by atoms with Gasteiger partial charge in [0, 0.05) is 30.5 Å². The predicted molar refractivity (Wildman–Crippen MR) is 107 cm³/mol. The maximum absolute atomic E-state index is 12.4. The SMILES string of the molecule is CN(CC(=O)Nc1ccc(N2CCOCC2)cc1)C1CCCCCCC1. The lowest BCUT2D eigenvalue weighted by molar-refractivity contribution is -0.117. The highest BCUT2D eigenvalue weighted by molar-refractivity contribution is 5.92. The van der Waals surface area contributed by atoms with Gasteiger partial charge in [0.1, 0.15) is 0 Å². The minimum absolute atomic E-state index is 0.0775. The summed E-state index contributed by atoms with van der Waals surface area (Å²) >= 11 is 0. The van der Waals surface area contributed by atoms with E-state index < -0.39 is 0 Å². The number of carbonyl (C=O) groups is 1. The van der Waals surface area contributed by atoms with E-state index in [9.17, 15) is 4.79 Å². The van der Waals surface area contributed by atoms with Crippen molar-refractivity contribution in [3.63, 3.8) is 0 Å². The van der Waals surface area contributed by atoms with E-state index in [0.717, 1.165) is 32.0 Å². The van der Waals surface area contributed by atoms with Crippen LogP contribution in [0.15, 0.2) is 24.3 Å². The summed E-state index contributed by atoms with van der Waals surface area (Å²) in [6.07, 6.45) is 9.07. The maximum Gasteiger partial charge on any atom is 0.238 e. The van der Waals surface area contributed by atoms with Crippen LogP contribution in [-0.4, -0.2) is 56.7 Å². The van der Waals surface area contributed by atoms with E-state index in [1.165, 1.54) is 50.6 Å². The Hall–Kier alpha value is -1.59. The van der Waals surface area contributed by atoms with Crippen LogP contribution in [0.2, 0.25) is 0 Å². The van der Waals surface area contributed by atoms with Crippen molar-refractivity contribution in [3.05, 3.63) is 24.3 Å². The van der Waals surface area contributed by atoms with E-state index in [2.05, 4.69) is 34.3 Å². The zero-order chi connectivity index (χ0) is 18.2. The standard InChI is InChI=1S/C21H33N3O2/c1-23(19-7-5-3-2-4-6-8-19)17-21(25)22-18-9-11-20(12-10-18)24-13-15-26-16-14-24/h9-12,19H,2-8,13-17H2,1H3,(H,22,25). The topological polar surface area (TPSA) is 44.8 Å². The summed E-state index contributed by atoms with van der Waals surface area (Å²) in [5.41, 5.74) is 2.07. The van der Waals surface area contributed by atoms with Crippen molar-refractivity contribution < 1.29 is 9.53 Å². The van der Waals surface area contributed by atoms with Gasteiger partial charge in [0.25, 0.3) is 0 Å². The molecule has 2 fully saturated rings. The lowest BCUT2D eigenvalue weighted by Gasteiger charge is -2.29. The molecule has 1 amide bonds. The van der Waals surface area contributed by atoms with Gasteiger partial charge < -0.3 is 15.0 Å². The molecule has 0 spiro atoms.